The molecular formula is C24H29N5O3. The maximum Gasteiger partial charge on any atom is 0.143 e. The molecule has 168 valence electrons. The second-order valence-electron chi connectivity index (χ2n) is 7.84. The smallest absolute Gasteiger partial charge is 0.143 e. The summed E-state index contributed by atoms with van der Waals surface area (Å²) in [4.78, 5) is 8.52. The van der Waals surface area contributed by atoms with Gasteiger partial charge in [-0.05, 0) is 45.7 Å². The third kappa shape index (κ3) is 4.80. The molecule has 0 aliphatic rings. The number of pyridine rings is 2. The van der Waals surface area contributed by atoms with E-state index in [-0.39, 0.29) is 0 Å². The highest BCUT2D eigenvalue weighted by atomic mass is 16.5. The fraction of sp³-hybridized carbons (Fsp3) is 0.333. The molecule has 4 aromatic heterocycles. The summed E-state index contributed by atoms with van der Waals surface area (Å²) >= 11 is 0. The van der Waals surface area contributed by atoms with Crippen molar-refractivity contribution in [3.05, 3.63) is 59.1 Å². The van der Waals surface area contributed by atoms with Crippen LogP contribution in [-0.2, 0) is 0 Å². The molecule has 8 nitrogen and oxygen atoms in total. The molecule has 0 amide bonds. The fourth-order valence-electron chi connectivity index (χ4n) is 3.49. The van der Waals surface area contributed by atoms with E-state index in [0.717, 1.165) is 56.6 Å². The Hall–Kier alpha value is -3.68. The van der Waals surface area contributed by atoms with Gasteiger partial charge in [0, 0.05) is 35.2 Å². The van der Waals surface area contributed by atoms with Gasteiger partial charge in [-0.2, -0.15) is 0 Å². The molecule has 0 radical (unpaired) electrons. The van der Waals surface area contributed by atoms with Crippen LogP contribution in [0.3, 0.4) is 0 Å². The maximum atomic E-state index is 5.51. The molecule has 0 saturated heterocycles. The van der Waals surface area contributed by atoms with Gasteiger partial charge in [-0.25, -0.2) is 4.98 Å². The zero-order valence-electron chi connectivity index (χ0n) is 19.6. The first-order chi connectivity index (χ1) is 15.2. The van der Waals surface area contributed by atoms with Crippen LogP contribution in [0, 0.1) is 27.7 Å². The minimum atomic E-state index is 0.381. The van der Waals surface area contributed by atoms with E-state index in [1.54, 1.807) is 19.4 Å². The van der Waals surface area contributed by atoms with E-state index in [1.807, 2.05) is 46.0 Å². The van der Waals surface area contributed by atoms with Crippen molar-refractivity contribution in [3.63, 3.8) is 0 Å². The van der Waals surface area contributed by atoms with Crippen LogP contribution in [0.25, 0.3) is 22.4 Å². The van der Waals surface area contributed by atoms with Gasteiger partial charge >= 0.3 is 0 Å². The minimum Gasteiger partial charge on any atom is -0.496 e. The van der Waals surface area contributed by atoms with E-state index in [2.05, 4.69) is 34.1 Å². The molecule has 4 heterocycles. The average Bonchev–Trinajstić information content (AvgIpc) is 3.29. The summed E-state index contributed by atoms with van der Waals surface area (Å²) in [5, 5.41) is 7.83. The Morgan fingerprint density at radius 1 is 0.875 bits per heavy atom. The largest absolute Gasteiger partial charge is 0.496 e. The van der Waals surface area contributed by atoms with E-state index in [9.17, 15) is 0 Å². The fourth-order valence-corrected chi connectivity index (χ4v) is 3.49. The van der Waals surface area contributed by atoms with Crippen LogP contribution in [0.1, 0.15) is 48.2 Å². The Morgan fingerprint density at radius 2 is 1.50 bits per heavy atom. The summed E-state index contributed by atoms with van der Waals surface area (Å²) < 4.78 is 15.7. The molecule has 4 aromatic rings. The van der Waals surface area contributed by atoms with E-state index in [1.165, 1.54) is 0 Å². The molecule has 0 aliphatic heterocycles. The number of rotatable bonds is 4. The number of hydrogen-bond acceptors (Lipinski definition) is 8. The Balaban J connectivity index is 0.000000186. The lowest BCUT2D eigenvalue weighted by molar-refractivity contribution is 0.393. The van der Waals surface area contributed by atoms with E-state index < -0.39 is 0 Å². The quantitative estimate of drug-likeness (QED) is 0.452. The van der Waals surface area contributed by atoms with Gasteiger partial charge in [0.15, 0.2) is 0 Å². The number of ether oxygens (including phenoxy) is 1. The van der Waals surface area contributed by atoms with Gasteiger partial charge in [0.25, 0.3) is 0 Å². The third-order valence-corrected chi connectivity index (χ3v) is 5.13. The summed E-state index contributed by atoms with van der Waals surface area (Å²) in [5.41, 5.74) is 12.1. The predicted molar refractivity (Wildman–Crippen MR) is 123 cm³/mol. The monoisotopic (exact) mass is 435 g/mol. The van der Waals surface area contributed by atoms with Crippen molar-refractivity contribution in [2.24, 2.45) is 0 Å². The van der Waals surface area contributed by atoms with Crippen LogP contribution >= 0.6 is 0 Å². The topological polar surface area (TPSA) is 113 Å². The van der Waals surface area contributed by atoms with Gasteiger partial charge in [-0.15, -0.1) is 0 Å². The van der Waals surface area contributed by atoms with Gasteiger partial charge in [0.1, 0.15) is 23.1 Å². The molecule has 0 fully saturated rings. The number of methoxy groups -OCH3 is 1. The lowest BCUT2D eigenvalue weighted by Gasteiger charge is -2.12. The van der Waals surface area contributed by atoms with Gasteiger partial charge in [0.2, 0.25) is 0 Å². The predicted octanol–water partition coefficient (Wildman–Crippen LogP) is 5.42. The van der Waals surface area contributed by atoms with Crippen molar-refractivity contribution in [1.29, 1.82) is 0 Å². The van der Waals surface area contributed by atoms with E-state index >= 15 is 0 Å². The first-order valence-electron chi connectivity index (χ1n) is 10.3. The van der Waals surface area contributed by atoms with Gasteiger partial charge in [0.05, 0.1) is 29.8 Å². The maximum absolute atomic E-state index is 5.51. The normalized spacial score (nSPS) is 10.8. The molecule has 0 spiro atoms. The zero-order valence-corrected chi connectivity index (χ0v) is 19.6. The number of aromatic nitrogens is 4. The lowest BCUT2D eigenvalue weighted by atomic mass is 10.0. The SMILES string of the molecule is COc1cc(-c2c(C)noc2C)ncc1C(C)C.Cc1noc(C)c1-c1ccc(N)nc1. The van der Waals surface area contributed by atoms with Crippen LogP contribution < -0.4 is 10.5 Å². The Bertz CT molecular complexity index is 1150. The van der Waals surface area contributed by atoms with Crippen molar-refractivity contribution in [3.8, 4) is 28.1 Å². The number of nitrogen functional groups attached to an aromatic ring is 1. The lowest BCUT2D eigenvalue weighted by Crippen LogP contribution is -1.97. The number of anilines is 1. The molecule has 32 heavy (non-hydrogen) atoms. The van der Waals surface area contributed by atoms with Crippen molar-refractivity contribution >= 4 is 5.82 Å². The molecule has 0 atom stereocenters. The number of hydrogen-bond donors (Lipinski definition) is 1. The molecule has 0 bridgehead atoms. The third-order valence-electron chi connectivity index (χ3n) is 5.13. The molecule has 0 unspecified atom stereocenters. The summed E-state index contributed by atoms with van der Waals surface area (Å²) in [6, 6.07) is 5.62. The zero-order chi connectivity index (χ0) is 23.4. The summed E-state index contributed by atoms with van der Waals surface area (Å²) in [6.07, 6.45) is 3.59. The van der Waals surface area contributed by atoms with Crippen LogP contribution in [0.4, 0.5) is 5.82 Å². The van der Waals surface area contributed by atoms with Crippen molar-refractivity contribution in [2.45, 2.75) is 47.5 Å². The van der Waals surface area contributed by atoms with Crippen LogP contribution in [0.5, 0.6) is 5.75 Å². The molecule has 0 saturated carbocycles. The van der Waals surface area contributed by atoms with E-state index in [0.29, 0.717) is 11.7 Å². The van der Waals surface area contributed by atoms with Crippen molar-refractivity contribution < 1.29 is 13.8 Å². The highest BCUT2D eigenvalue weighted by Crippen LogP contribution is 2.32. The summed E-state index contributed by atoms with van der Waals surface area (Å²) in [7, 11) is 1.68. The Kier molecular flexibility index (Phi) is 6.92. The summed E-state index contributed by atoms with van der Waals surface area (Å²) in [5.74, 6) is 3.33. The number of nitrogens with two attached hydrogens (primary N) is 1. The second kappa shape index (κ2) is 9.64. The van der Waals surface area contributed by atoms with Crippen molar-refractivity contribution in [1.82, 2.24) is 20.3 Å². The van der Waals surface area contributed by atoms with Gasteiger partial charge in [-0.3, -0.25) is 4.98 Å². The average molecular weight is 436 g/mol. The standard InChI is InChI=1S/C14H18N2O2.C10H11N3O/c1-8(2)11-7-15-12(6-13(11)17-5)14-9(3)16-18-10(14)4;1-6-10(7(2)14-13-6)8-3-4-9(11)12-5-8/h6-8H,1-5H3;3-5H,1-2H3,(H2,11,12). The highest BCUT2D eigenvalue weighted by Gasteiger charge is 2.16. The van der Waals surface area contributed by atoms with Crippen LogP contribution in [0.15, 0.2) is 39.6 Å². The molecule has 4 rings (SSSR count). The summed E-state index contributed by atoms with van der Waals surface area (Å²) in [6.45, 7) is 11.8. The first kappa shape index (κ1) is 23.0. The van der Waals surface area contributed by atoms with Crippen LogP contribution in [0.2, 0.25) is 0 Å². The van der Waals surface area contributed by atoms with E-state index in [4.69, 9.17) is 19.5 Å². The first-order valence-corrected chi connectivity index (χ1v) is 10.3. The van der Waals surface area contributed by atoms with Crippen molar-refractivity contribution in [2.75, 3.05) is 12.8 Å². The molecule has 8 heteroatoms. The minimum absolute atomic E-state index is 0.381. The Morgan fingerprint density at radius 3 is 1.97 bits per heavy atom. The van der Waals surface area contributed by atoms with Gasteiger partial charge < -0.3 is 19.5 Å². The van der Waals surface area contributed by atoms with Gasteiger partial charge in [-0.1, -0.05) is 24.2 Å². The Labute approximate surface area is 187 Å². The molecule has 0 aliphatic carbocycles. The highest BCUT2D eigenvalue weighted by molar-refractivity contribution is 5.67. The molecule has 2 N–H and O–H groups in total. The van der Waals surface area contributed by atoms with Crippen LogP contribution in [-0.4, -0.2) is 27.4 Å². The number of aryl methyl sites for hydroxylation is 4. The number of nitrogens with zero attached hydrogens (tertiary/aromatic N) is 4. The second-order valence-corrected chi connectivity index (χ2v) is 7.84. The molecular weight excluding hydrogens is 406 g/mol. The molecule has 0 aromatic carbocycles.